The van der Waals surface area contributed by atoms with Gasteiger partial charge >= 0.3 is 6.18 Å². The van der Waals surface area contributed by atoms with Crippen molar-refractivity contribution in [1.29, 1.82) is 0 Å². The Morgan fingerprint density at radius 1 is 0.885 bits per heavy atom. The number of benzene rings is 1. The Morgan fingerprint density at radius 2 is 1.50 bits per heavy atom. The molecule has 0 atom stereocenters. The predicted molar refractivity (Wildman–Crippen MR) is 100 cm³/mol. The number of piperazine rings is 1. The number of anilines is 1. The maximum absolute atomic E-state index is 12.9. The van der Waals surface area contributed by atoms with Gasteiger partial charge in [-0.05, 0) is 55.2 Å². The van der Waals surface area contributed by atoms with E-state index in [1.807, 2.05) is 0 Å². The van der Waals surface area contributed by atoms with E-state index in [2.05, 4.69) is 30.6 Å². The molecule has 1 saturated heterocycles. The van der Waals surface area contributed by atoms with Gasteiger partial charge in [0, 0.05) is 37.9 Å². The first kappa shape index (κ1) is 19.5. The zero-order valence-electron chi connectivity index (χ0n) is 16.1. The Kier molecular flexibility index (Phi) is 5.57. The Balaban J connectivity index is 1.54. The van der Waals surface area contributed by atoms with Gasteiger partial charge in [0.15, 0.2) is 0 Å². The second-order valence-corrected chi connectivity index (χ2v) is 8.94. The second kappa shape index (κ2) is 7.41. The van der Waals surface area contributed by atoms with E-state index < -0.39 is 11.7 Å². The lowest BCUT2D eigenvalue weighted by Gasteiger charge is -2.44. The van der Waals surface area contributed by atoms with Crippen molar-refractivity contribution < 1.29 is 13.2 Å². The van der Waals surface area contributed by atoms with Gasteiger partial charge in [-0.2, -0.15) is 13.2 Å². The fraction of sp³-hybridized carbons (Fsp3) is 0.714. The topological polar surface area (TPSA) is 6.48 Å². The summed E-state index contributed by atoms with van der Waals surface area (Å²) in [6.45, 7) is 10.5. The van der Waals surface area contributed by atoms with E-state index in [1.54, 1.807) is 6.07 Å². The van der Waals surface area contributed by atoms with E-state index in [0.717, 1.165) is 38.2 Å². The number of halogens is 3. The zero-order chi connectivity index (χ0) is 18.9. The maximum atomic E-state index is 12.9. The maximum Gasteiger partial charge on any atom is 0.416 e. The van der Waals surface area contributed by atoms with Crippen LogP contribution in [-0.4, -0.2) is 37.1 Å². The summed E-state index contributed by atoms with van der Waals surface area (Å²) >= 11 is 0. The molecule has 146 valence electrons. The first-order valence-electron chi connectivity index (χ1n) is 9.81. The van der Waals surface area contributed by atoms with Crippen LogP contribution in [0.3, 0.4) is 0 Å². The van der Waals surface area contributed by atoms with Crippen LogP contribution in [0, 0.1) is 11.3 Å². The van der Waals surface area contributed by atoms with Crippen molar-refractivity contribution in [2.24, 2.45) is 11.3 Å². The number of hydrogen-bond donors (Lipinski definition) is 0. The van der Waals surface area contributed by atoms with Gasteiger partial charge < -0.3 is 4.90 Å². The number of alkyl halides is 3. The lowest BCUT2D eigenvalue weighted by atomic mass is 9.71. The van der Waals surface area contributed by atoms with Crippen molar-refractivity contribution >= 4 is 5.69 Å². The van der Waals surface area contributed by atoms with E-state index >= 15 is 0 Å². The van der Waals surface area contributed by atoms with Crippen LogP contribution < -0.4 is 4.90 Å². The number of nitrogens with zero attached hydrogens (tertiary/aromatic N) is 2. The van der Waals surface area contributed by atoms with E-state index in [1.165, 1.54) is 37.8 Å². The van der Waals surface area contributed by atoms with Crippen molar-refractivity contribution in [2.75, 3.05) is 31.1 Å². The van der Waals surface area contributed by atoms with Crippen molar-refractivity contribution in [3.8, 4) is 0 Å². The quantitative estimate of drug-likeness (QED) is 0.686. The molecule has 0 N–H and O–H groups in total. The third-order valence-electron chi connectivity index (χ3n) is 6.29. The van der Waals surface area contributed by atoms with E-state index in [-0.39, 0.29) is 0 Å². The van der Waals surface area contributed by atoms with Gasteiger partial charge in [0.05, 0.1) is 5.56 Å². The van der Waals surface area contributed by atoms with Crippen molar-refractivity contribution in [2.45, 2.75) is 58.7 Å². The summed E-state index contributed by atoms with van der Waals surface area (Å²) in [7, 11) is 0. The van der Waals surface area contributed by atoms with Crippen LogP contribution >= 0.6 is 0 Å². The van der Waals surface area contributed by atoms with Crippen LogP contribution in [0.1, 0.15) is 52.0 Å². The normalized spacial score (nSPS) is 26.2. The molecule has 3 rings (SSSR count). The summed E-state index contributed by atoms with van der Waals surface area (Å²) in [5, 5.41) is 0. The molecule has 2 aliphatic rings. The molecule has 0 amide bonds. The summed E-state index contributed by atoms with van der Waals surface area (Å²) < 4.78 is 38.8. The molecule has 1 aromatic carbocycles. The van der Waals surface area contributed by atoms with Gasteiger partial charge in [0.1, 0.15) is 0 Å². The molecule has 0 spiro atoms. The second-order valence-electron chi connectivity index (χ2n) is 8.94. The van der Waals surface area contributed by atoms with Crippen molar-refractivity contribution in [1.82, 2.24) is 4.90 Å². The van der Waals surface area contributed by atoms with Gasteiger partial charge in [-0.15, -0.1) is 0 Å². The van der Waals surface area contributed by atoms with Crippen LogP contribution in [0.25, 0.3) is 0 Å². The molecule has 5 heteroatoms. The molecule has 1 aliphatic carbocycles. The van der Waals surface area contributed by atoms with Crippen LogP contribution in [0.15, 0.2) is 24.3 Å². The highest BCUT2D eigenvalue weighted by Gasteiger charge is 2.34. The van der Waals surface area contributed by atoms with Crippen LogP contribution in [0.5, 0.6) is 0 Å². The number of rotatable bonds is 2. The fourth-order valence-electron chi connectivity index (χ4n) is 4.53. The standard InChI is InChI=1S/C21H31F3N2/c1-20(2,3)16-7-9-18(10-8-16)25-11-13-26(14-12-25)19-6-4-5-17(15-19)21(22,23)24/h4-6,15-16,18H,7-14H2,1-3H3. The molecule has 1 heterocycles. The third kappa shape index (κ3) is 4.54. The van der Waals surface area contributed by atoms with Crippen LogP contribution in [0.4, 0.5) is 18.9 Å². The molecule has 2 fully saturated rings. The highest BCUT2D eigenvalue weighted by Crippen LogP contribution is 2.39. The smallest absolute Gasteiger partial charge is 0.369 e. The Labute approximate surface area is 155 Å². The molecular weight excluding hydrogens is 337 g/mol. The minimum Gasteiger partial charge on any atom is -0.369 e. The van der Waals surface area contributed by atoms with Crippen LogP contribution in [0.2, 0.25) is 0 Å². The van der Waals surface area contributed by atoms with E-state index in [9.17, 15) is 13.2 Å². The monoisotopic (exact) mass is 368 g/mol. The zero-order valence-corrected chi connectivity index (χ0v) is 16.1. The average molecular weight is 368 g/mol. The molecule has 0 radical (unpaired) electrons. The predicted octanol–water partition coefficient (Wildman–Crippen LogP) is 5.43. The lowest BCUT2D eigenvalue weighted by molar-refractivity contribution is -0.137. The first-order chi connectivity index (χ1) is 12.1. The lowest BCUT2D eigenvalue weighted by Crippen LogP contribution is -2.51. The molecular formula is C21H31F3N2. The molecule has 1 saturated carbocycles. The average Bonchev–Trinajstić information content (AvgIpc) is 2.61. The first-order valence-corrected chi connectivity index (χ1v) is 9.81. The van der Waals surface area contributed by atoms with Crippen molar-refractivity contribution in [3.05, 3.63) is 29.8 Å². The van der Waals surface area contributed by atoms with Gasteiger partial charge in [0.25, 0.3) is 0 Å². The van der Waals surface area contributed by atoms with Gasteiger partial charge in [-0.25, -0.2) is 0 Å². The number of hydrogen-bond acceptors (Lipinski definition) is 2. The fourth-order valence-corrected chi connectivity index (χ4v) is 4.53. The molecule has 26 heavy (non-hydrogen) atoms. The molecule has 2 nitrogen and oxygen atoms in total. The van der Waals surface area contributed by atoms with Crippen molar-refractivity contribution in [3.63, 3.8) is 0 Å². The van der Waals surface area contributed by atoms with Gasteiger partial charge in [0.2, 0.25) is 0 Å². The summed E-state index contributed by atoms with van der Waals surface area (Å²) in [5.74, 6) is 0.810. The Bertz CT molecular complexity index is 590. The summed E-state index contributed by atoms with van der Waals surface area (Å²) in [6, 6.07) is 6.38. The van der Waals surface area contributed by atoms with Gasteiger partial charge in [-0.3, -0.25) is 4.90 Å². The molecule has 0 bridgehead atoms. The van der Waals surface area contributed by atoms with Crippen LogP contribution in [-0.2, 0) is 6.18 Å². The summed E-state index contributed by atoms with van der Waals surface area (Å²) in [5.41, 5.74) is 0.529. The molecule has 0 unspecified atom stereocenters. The molecule has 0 aromatic heterocycles. The largest absolute Gasteiger partial charge is 0.416 e. The third-order valence-corrected chi connectivity index (χ3v) is 6.29. The summed E-state index contributed by atoms with van der Waals surface area (Å²) in [4.78, 5) is 4.65. The summed E-state index contributed by atoms with van der Waals surface area (Å²) in [6.07, 6.45) is 0.824. The van der Waals surface area contributed by atoms with E-state index in [0.29, 0.717) is 17.1 Å². The highest BCUT2D eigenvalue weighted by atomic mass is 19.4. The molecule has 1 aromatic rings. The Hall–Kier alpha value is -1.23. The SMILES string of the molecule is CC(C)(C)C1CCC(N2CCN(c3cccc(C(F)(F)F)c3)CC2)CC1. The minimum atomic E-state index is -4.27. The highest BCUT2D eigenvalue weighted by molar-refractivity contribution is 5.49. The Morgan fingerprint density at radius 3 is 2.04 bits per heavy atom. The minimum absolute atomic E-state index is 0.396. The van der Waals surface area contributed by atoms with Gasteiger partial charge in [-0.1, -0.05) is 26.8 Å². The van der Waals surface area contributed by atoms with E-state index in [4.69, 9.17) is 0 Å². The molecule has 1 aliphatic heterocycles.